The summed E-state index contributed by atoms with van der Waals surface area (Å²) in [5, 5.41) is 4.83. The largest absolute Gasteiger partial charge is 0.496 e. The Bertz CT molecular complexity index is 1180. The van der Waals surface area contributed by atoms with E-state index in [-0.39, 0.29) is 5.56 Å². The van der Waals surface area contributed by atoms with E-state index in [2.05, 4.69) is 15.3 Å². The van der Waals surface area contributed by atoms with Crippen LogP contribution in [-0.4, -0.2) is 35.6 Å². The number of amides is 1. The van der Waals surface area contributed by atoms with Crippen LogP contribution in [0, 0.1) is 0 Å². The van der Waals surface area contributed by atoms with E-state index in [0.29, 0.717) is 27.7 Å². The minimum Gasteiger partial charge on any atom is -0.496 e. The molecule has 2 aromatic carbocycles. The highest BCUT2D eigenvalue weighted by molar-refractivity contribution is 7.14. The van der Waals surface area contributed by atoms with Crippen molar-refractivity contribution in [1.29, 1.82) is 0 Å². The van der Waals surface area contributed by atoms with E-state index in [9.17, 15) is 9.59 Å². The SMILES string of the molecule is COc1ccccc1-c1csc(NC(=O)COC(=O)c2cccc3ocnc23)n1. The lowest BCUT2D eigenvalue weighted by Gasteiger charge is -2.06. The summed E-state index contributed by atoms with van der Waals surface area (Å²) in [6.45, 7) is -0.448. The number of esters is 1. The maximum absolute atomic E-state index is 12.3. The molecule has 1 amide bonds. The quantitative estimate of drug-likeness (QED) is 0.484. The van der Waals surface area contributed by atoms with Crippen LogP contribution in [0.2, 0.25) is 0 Å². The second kappa shape index (κ2) is 8.11. The predicted octanol–water partition coefficient (Wildman–Crippen LogP) is 3.76. The van der Waals surface area contributed by atoms with Gasteiger partial charge < -0.3 is 13.9 Å². The lowest BCUT2D eigenvalue weighted by atomic mass is 10.1. The number of hydrogen-bond acceptors (Lipinski definition) is 8. The molecule has 29 heavy (non-hydrogen) atoms. The summed E-state index contributed by atoms with van der Waals surface area (Å²) in [6.07, 6.45) is 1.25. The number of methoxy groups -OCH3 is 1. The molecule has 0 radical (unpaired) electrons. The zero-order valence-electron chi connectivity index (χ0n) is 15.2. The first-order valence-electron chi connectivity index (χ1n) is 8.54. The Labute approximate surface area is 169 Å². The fourth-order valence-corrected chi connectivity index (χ4v) is 3.45. The normalized spacial score (nSPS) is 10.7. The predicted molar refractivity (Wildman–Crippen MR) is 107 cm³/mol. The van der Waals surface area contributed by atoms with Gasteiger partial charge in [0.25, 0.3) is 5.91 Å². The van der Waals surface area contributed by atoms with Gasteiger partial charge in [-0.3, -0.25) is 10.1 Å². The number of nitrogens with one attached hydrogen (secondary N) is 1. The molecule has 146 valence electrons. The van der Waals surface area contributed by atoms with Crippen LogP contribution in [0.25, 0.3) is 22.4 Å². The Morgan fingerprint density at radius 1 is 1.17 bits per heavy atom. The van der Waals surface area contributed by atoms with Gasteiger partial charge in [0.05, 0.1) is 18.4 Å². The first-order valence-corrected chi connectivity index (χ1v) is 9.42. The Morgan fingerprint density at radius 2 is 2.03 bits per heavy atom. The number of fused-ring (bicyclic) bond motifs is 1. The number of hydrogen-bond donors (Lipinski definition) is 1. The van der Waals surface area contributed by atoms with E-state index in [4.69, 9.17) is 13.9 Å². The van der Waals surface area contributed by atoms with Crippen LogP contribution < -0.4 is 10.1 Å². The number of nitrogens with zero attached hydrogens (tertiary/aromatic N) is 2. The van der Waals surface area contributed by atoms with Crippen molar-refractivity contribution in [2.75, 3.05) is 19.0 Å². The number of rotatable bonds is 6. The van der Waals surface area contributed by atoms with Gasteiger partial charge in [-0.25, -0.2) is 14.8 Å². The van der Waals surface area contributed by atoms with Gasteiger partial charge in [0, 0.05) is 10.9 Å². The number of oxazole rings is 1. The van der Waals surface area contributed by atoms with Gasteiger partial charge in [0.15, 0.2) is 23.7 Å². The van der Waals surface area contributed by atoms with Gasteiger partial charge in [-0.2, -0.15) is 0 Å². The van der Waals surface area contributed by atoms with Crippen molar-refractivity contribution < 1.29 is 23.5 Å². The van der Waals surface area contributed by atoms with Gasteiger partial charge in [-0.15, -0.1) is 11.3 Å². The summed E-state index contributed by atoms with van der Waals surface area (Å²) < 4.78 is 15.6. The maximum Gasteiger partial charge on any atom is 0.340 e. The molecule has 0 saturated heterocycles. The van der Waals surface area contributed by atoms with E-state index in [1.54, 1.807) is 25.3 Å². The summed E-state index contributed by atoms with van der Waals surface area (Å²) in [6, 6.07) is 12.4. The van der Waals surface area contributed by atoms with Crippen LogP contribution in [0.15, 0.2) is 58.7 Å². The van der Waals surface area contributed by atoms with Gasteiger partial charge in [0.1, 0.15) is 11.3 Å². The number of benzene rings is 2. The van der Waals surface area contributed by atoms with E-state index in [0.717, 1.165) is 5.56 Å². The van der Waals surface area contributed by atoms with Gasteiger partial charge in [0.2, 0.25) is 0 Å². The highest BCUT2D eigenvalue weighted by atomic mass is 32.1. The minimum absolute atomic E-state index is 0.233. The smallest absolute Gasteiger partial charge is 0.340 e. The molecule has 8 nitrogen and oxygen atoms in total. The van der Waals surface area contributed by atoms with Crippen LogP contribution >= 0.6 is 11.3 Å². The summed E-state index contributed by atoms with van der Waals surface area (Å²) in [7, 11) is 1.59. The standard InChI is InChI=1S/C20H15N3O5S/c1-26-15-7-3-2-5-12(15)14-10-29-20(22-14)23-17(24)9-27-19(25)13-6-4-8-16-18(13)21-11-28-16/h2-8,10-11H,9H2,1H3,(H,22,23,24). The Hall–Kier alpha value is -3.72. The van der Waals surface area contributed by atoms with E-state index < -0.39 is 18.5 Å². The molecule has 0 aliphatic rings. The second-order valence-corrected chi connectivity index (χ2v) is 6.73. The number of anilines is 1. The van der Waals surface area contributed by atoms with E-state index >= 15 is 0 Å². The van der Waals surface area contributed by atoms with Crippen molar-refractivity contribution >= 4 is 39.4 Å². The van der Waals surface area contributed by atoms with Crippen molar-refractivity contribution in [3.05, 3.63) is 59.8 Å². The average Bonchev–Trinajstić information content (AvgIpc) is 3.41. The molecule has 0 saturated carbocycles. The Morgan fingerprint density at radius 3 is 2.90 bits per heavy atom. The van der Waals surface area contributed by atoms with Crippen LogP contribution in [0.4, 0.5) is 5.13 Å². The van der Waals surface area contributed by atoms with E-state index in [1.165, 1.54) is 17.7 Å². The molecule has 0 fully saturated rings. The zero-order valence-corrected chi connectivity index (χ0v) is 16.1. The van der Waals surface area contributed by atoms with Gasteiger partial charge >= 0.3 is 5.97 Å². The number of carbonyl (C=O) groups is 2. The third kappa shape index (κ3) is 3.94. The highest BCUT2D eigenvalue weighted by Crippen LogP contribution is 2.31. The van der Waals surface area contributed by atoms with Crippen molar-refractivity contribution in [3.8, 4) is 17.0 Å². The summed E-state index contributed by atoms with van der Waals surface area (Å²) in [5.74, 6) is -0.466. The molecule has 0 unspecified atom stereocenters. The summed E-state index contributed by atoms with van der Waals surface area (Å²) in [4.78, 5) is 32.8. The molecule has 2 heterocycles. The van der Waals surface area contributed by atoms with Crippen LogP contribution in [0.5, 0.6) is 5.75 Å². The molecule has 0 atom stereocenters. The molecule has 9 heteroatoms. The Kier molecular flexibility index (Phi) is 5.21. The highest BCUT2D eigenvalue weighted by Gasteiger charge is 2.17. The summed E-state index contributed by atoms with van der Waals surface area (Å²) >= 11 is 1.26. The first-order chi connectivity index (χ1) is 14.2. The molecule has 0 aliphatic carbocycles. The molecule has 0 spiro atoms. The molecule has 0 bridgehead atoms. The molecule has 4 rings (SSSR count). The first kappa shape index (κ1) is 18.6. The van der Waals surface area contributed by atoms with Crippen molar-refractivity contribution in [3.63, 3.8) is 0 Å². The number of thiazole rings is 1. The summed E-state index contributed by atoms with van der Waals surface area (Å²) in [5.41, 5.74) is 2.59. The number of aromatic nitrogens is 2. The number of ether oxygens (including phenoxy) is 2. The van der Waals surface area contributed by atoms with Crippen LogP contribution in [-0.2, 0) is 9.53 Å². The van der Waals surface area contributed by atoms with Crippen LogP contribution in [0.1, 0.15) is 10.4 Å². The molecule has 4 aromatic rings. The molecular weight excluding hydrogens is 394 g/mol. The van der Waals surface area contributed by atoms with Gasteiger partial charge in [-0.05, 0) is 24.3 Å². The minimum atomic E-state index is -0.659. The fourth-order valence-electron chi connectivity index (χ4n) is 2.73. The van der Waals surface area contributed by atoms with Crippen molar-refractivity contribution in [2.45, 2.75) is 0 Å². The van der Waals surface area contributed by atoms with Crippen molar-refractivity contribution in [1.82, 2.24) is 9.97 Å². The Balaban J connectivity index is 1.39. The topological polar surface area (TPSA) is 104 Å². The third-order valence-corrected chi connectivity index (χ3v) is 4.81. The van der Waals surface area contributed by atoms with E-state index in [1.807, 2.05) is 29.6 Å². The third-order valence-electron chi connectivity index (χ3n) is 4.05. The zero-order chi connectivity index (χ0) is 20.2. The number of carbonyl (C=O) groups excluding carboxylic acids is 2. The fraction of sp³-hybridized carbons (Fsp3) is 0.100. The monoisotopic (exact) mass is 409 g/mol. The average molecular weight is 409 g/mol. The number of para-hydroxylation sites is 2. The molecule has 1 N–H and O–H groups in total. The lowest BCUT2D eigenvalue weighted by molar-refractivity contribution is -0.119. The molecular formula is C20H15N3O5S. The van der Waals surface area contributed by atoms with Crippen LogP contribution in [0.3, 0.4) is 0 Å². The lowest BCUT2D eigenvalue weighted by Crippen LogP contribution is -2.21. The second-order valence-electron chi connectivity index (χ2n) is 5.87. The van der Waals surface area contributed by atoms with Gasteiger partial charge in [-0.1, -0.05) is 18.2 Å². The molecule has 2 aromatic heterocycles. The van der Waals surface area contributed by atoms with Crippen molar-refractivity contribution in [2.24, 2.45) is 0 Å². The molecule has 0 aliphatic heterocycles. The maximum atomic E-state index is 12.3.